The molecular weight excluding hydrogens is 97.0 g/mol. The minimum Gasteiger partial charge on any atom is -0.188 e. The summed E-state index contributed by atoms with van der Waals surface area (Å²) < 4.78 is 31.3. The van der Waals surface area contributed by atoms with Crippen molar-refractivity contribution in [2.75, 3.05) is 0 Å². The van der Waals surface area contributed by atoms with Crippen molar-refractivity contribution in [1.82, 2.24) is 0 Å². The second-order valence-corrected chi connectivity index (χ2v) is 0.610. The van der Waals surface area contributed by atoms with Crippen molar-refractivity contribution in [3.05, 3.63) is 0 Å². The van der Waals surface area contributed by atoms with Crippen molar-refractivity contribution in [3.63, 3.8) is 0 Å². The molecule has 6 heavy (non-hydrogen) atoms. The highest BCUT2D eigenvalue weighted by atomic mass is 19.6. The van der Waals surface area contributed by atoms with E-state index in [0.29, 0.717) is 0 Å². The number of halogens is 3. The van der Waals surface area contributed by atoms with Crippen LogP contribution in [0.2, 0.25) is 0 Å². The molecular formula is C2F3N. The monoisotopic (exact) mass is 97.0 g/mol. The quantitative estimate of drug-likeness (QED) is 0.443. The highest BCUT2D eigenvalue weighted by molar-refractivity contribution is 4.80. The zero-order chi connectivity index (χ0) is 5.21. The van der Waals surface area contributed by atoms with Gasteiger partial charge in [0, 0.05) is 0 Å². The molecule has 0 aromatic rings. The molecule has 1 nitrogen and oxygen atoms in total. The maximum absolute atomic E-state index is 10.4. The number of nitrogens with zero attached hydrogens (tertiary/aromatic N) is 1. The molecule has 0 aliphatic rings. The van der Waals surface area contributed by atoms with E-state index < -0.39 is 6.18 Å². The maximum atomic E-state index is 10.4. The summed E-state index contributed by atoms with van der Waals surface area (Å²) >= 11 is 0. The van der Waals surface area contributed by atoms with E-state index in [1.165, 1.54) is 0 Å². The molecule has 34 valence electrons. The first-order chi connectivity index (χ1) is 2.56. The molecule has 0 heterocycles. The maximum Gasteiger partial charge on any atom is 0.483 e. The second kappa shape index (κ2) is 1.17. The van der Waals surface area contributed by atoms with Crippen LogP contribution in [0.4, 0.5) is 13.2 Å². The highest BCUT2D eigenvalue weighted by Gasteiger charge is 2.25. The minimum absolute atomic E-state index is 0.104. The van der Waals surface area contributed by atoms with Crippen LogP contribution in [0.5, 0.6) is 0 Å². The topological polar surface area (TPSA) is 23.8 Å². The molecule has 0 N–H and O–H groups in total. The van der Waals surface area contributed by atoms with Crippen molar-refractivity contribution in [3.8, 4) is 6.07 Å². The summed E-state index contributed by atoms with van der Waals surface area (Å²) in [5.41, 5.74) is 0. The van der Waals surface area contributed by atoms with E-state index in [0.717, 1.165) is 0 Å². The third-order valence-electron chi connectivity index (χ3n) is 0.127. The lowest BCUT2D eigenvalue weighted by Gasteiger charge is -1.84. The molecule has 0 aliphatic carbocycles. The van der Waals surface area contributed by atoms with Gasteiger partial charge in [0.1, 0.15) is 0 Å². The normalized spacial score (nSPS) is 10.3. The second-order valence-electron chi connectivity index (χ2n) is 0.610. The molecule has 0 rings (SSSR count). The van der Waals surface area contributed by atoms with Gasteiger partial charge >= 0.3 is 6.18 Å². The predicted molar refractivity (Wildman–Crippen MR) is 11.7 cm³/mol. The summed E-state index contributed by atoms with van der Waals surface area (Å²) in [5, 5.41) is 7.03. The Morgan fingerprint density at radius 2 is 1.50 bits per heavy atom. The highest BCUT2D eigenvalue weighted by Crippen LogP contribution is 2.10. The van der Waals surface area contributed by atoms with Crippen molar-refractivity contribution in [1.29, 1.82) is 5.26 Å². The van der Waals surface area contributed by atoms with Crippen molar-refractivity contribution >= 4 is 0 Å². The number of hydrogen-bond acceptors (Lipinski definition) is 1. The Morgan fingerprint density at radius 1 is 1.33 bits per heavy atom. The fourth-order valence-electron chi connectivity index (χ4n) is 0. The molecule has 0 amide bonds. The average molecular weight is 97.0 g/mol. The molecule has 0 saturated carbocycles. The van der Waals surface area contributed by atoms with Gasteiger partial charge in [0.25, 0.3) is 0 Å². The zero-order valence-electron chi connectivity index (χ0n) is 2.58. The molecule has 0 bridgehead atoms. The molecule has 0 spiro atoms. The van der Waals surface area contributed by atoms with Crippen LogP contribution in [0.15, 0.2) is 0 Å². The fourth-order valence-corrected chi connectivity index (χ4v) is 0. The van der Waals surface area contributed by atoms with Crippen LogP contribution in [0.3, 0.4) is 0 Å². The molecule has 0 unspecified atom stereocenters. The fraction of sp³-hybridized carbons (Fsp3) is 0.500. The standard InChI is InChI=1S/C2F3N/c3-2(4,5)1-6/i2+2. The summed E-state index contributed by atoms with van der Waals surface area (Å²) in [6, 6.07) is 0.104. The lowest BCUT2D eigenvalue weighted by Crippen LogP contribution is -1.99. The first kappa shape index (κ1) is 5.28. The smallest absolute Gasteiger partial charge is 0.188 e. The van der Waals surface area contributed by atoms with Crippen LogP contribution in [-0.2, 0) is 0 Å². The molecule has 0 fully saturated rings. The van der Waals surface area contributed by atoms with E-state index in [1.54, 1.807) is 0 Å². The number of alkyl halides is 3. The molecule has 0 aromatic heterocycles. The van der Waals surface area contributed by atoms with Gasteiger partial charge in [0.2, 0.25) is 0 Å². The van der Waals surface area contributed by atoms with E-state index in [1.807, 2.05) is 0 Å². The average Bonchev–Trinajstić information content (AvgIpc) is 1.35. The minimum atomic E-state index is -4.65. The molecule has 4 heteroatoms. The van der Waals surface area contributed by atoms with Crippen LogP contribution in [0.25, 0.3) is 0 Å². The van der Waals surface area contributed by atoms with Crippen LogP contribution < -0.4 is 0 Å². The predicted octanol–water partition coefficient (Wildman–Crippen LogP) is 1.07. The van der Waals surface area contributed by atoms with Gasteiger partial charge in [0.15, 0.2) is 6.07 Å². The van der Waals surface area contributed by atoms with Gasteiger partial charge in [0.05, 0.1) is 0 Å². The lowest BCUT2D eigenvalue weighted by molar-refractivity contribution is -0.0717. The third kappa shape index (κ3) is 3.28. The van der Waals surface area contributed by atoms with Crippen LogP contribution in [0.1, 0.15) is 0 Å². The van der Waals surface area contributed by atoms with Gasteiger partial charge in [-0.05, 0) is 0 Å². The summed E-state index contributed by atoms with van der Waals surface area (Å²) in [6.45, 7) is 0. The molecule has 0 aliphatic heterocycles. The Hall–Kier alpha value is -0.720. The zero-order valence-corrected chi connectivity index (χ0v) is 2.58. The van der Waals surface area contributed by atoms with Gasteiger partial charge in [-0.2, -0.15) is 18.4 Å². The summed E-state index contributed by atoms with van der Waals surface area (Å²) in [5.74, 6) is 0. The van der Waals surface area contributed by atoms with E-state index in [9.17, 15) is 13.2 Å². The Balaban J connectivity index is 3.55. The molecule has 0 saturated heterocycles. The van der Waals surface area contributed by atoms with Crippen molar-refractivity contribution in [2.45, 2.75) is 6.18 Å². The van der Waals surface area contributed by atoms with Crippen molar-refractivity contribution in [2.24, 2.45) is 0 Å². The molecule has 0 radical (unpaired) electrons. The van der Waals surface area contributed by atoms with E-state index >= 15 is 0 Å². The lowest BCUT2D eigenvalue weighted by atomic mass is 11.4. The van der Waals surface area contributed by atoms with Gasteiger partial charge in [-0.1, -0.05) is 0 Å². The van der Waals surface area contributed by atoms with Crippen molar-refractivity contribution < 1.29 is 13.2 Å². The molecule has 0 aromatic carbocycles. The van der Waals surface area contributed by atoms with Gasteiger partial charge in [-0.15, -0.1) is 0 Å². The molecule has 0 atom stereocenters. The number of nitriles is 1. The SMILES string of the molecule is N#C[14C](F)(F)F. The van der Waals surface area contributed by atoms with Gasteiger partial charge in [-0.3, -0.25) is 0 Å². The van der Waals surface area contributed by atoms with Crippen LogP contribution >= 0.6 is 0 Å². The van der Waals surface area contributed by atoms with Crippen LogP contribution in [0, 0.1) is 11.3 Å². The van der Waals surface area contributed by atoms with Gasteiger partial charge < -0.3 is 0 Å². The van der Waals surface area contributed by atoms with E-state index in [4.69, 9.17) is 5.26 Å². The summed E-state index contributed by atoms with van der Waals surface area (Å²) in [6.07, 6.45) is -4.65. The first-order valence-corrected chi connectivity index (χ1v) is 1.04. The Bertz CT molecular complexity index is 75.8. The first-order valence-electron chi connectivity index (χ1n) is 1.04. The Morgan fingerprint density at radius 3 is 1.50 bits per heavy atom. The Labute approximate surface area is 32.0 Å². The largest absolute Gasteiger partial charge is 0.483 e. The number of hydrogen-bond donors (Lipinski definition) is 0. The van der Waals surface area contributed by atoms with Gasteiger partial charge in [-0.25, -0.2) is 0 Å². The van der Waals surface area contributed by atoms with E-state index in [-0.39, 0.29) is 6.07 Å². The summed E-state index contributed by atoms with van der Waals surface area (Å²) in [4.78, 5) is 0. The van der Waals surface area contributed by atoms with Crippen LogP contribution in [-0.4, -0.2) is 6.18 Å². The summed E-state index contributed by atoms with van der Waals surface area (Å²) in [7, 11) is 0. The Kier molecular flexibility index (Phi) is 1.03. The van der Waals surface area contributed by atoms with E-state index in [2.05, 4.69) is 0 Å². The third-order valence-corrected chi connectivity index (χ3v) is 0.127. The number of rotatable bonds is 0.